The zero-order valence-electron chi connectivity index (χ0n) is 13.7. The number of hydrogen-bond acceptors (Lipinski definition) is 2. The molecule has 1 fully saturated rings. The number of carbonyl (C=O) groups is 1. The molecule has 0 radical (unpaired) electrons. The number of hydrogen-bond donors (Lipinski definition) is 1. The molecule has 1 atom stereocenters. The van der Waals surface area contributed by atoms with Crippen LogP contribution in [0.5, 0.6) is 0 Å². The van der Waals surface area contributed by atoms with E-state index in [1.165, 1.54) is 32.1 Å². The van der Waals surface area contributed by atoms with Crippen LogP contribution in [0.4, 0.5) is 0 Å². The van der Waals surface area contributed by atoms with Gasteiger partial charge < -0.3 is 10.6 Å². The molecule has 1 amide bonds. The molecule has 1 aliphatic rings. The van der Waals surface area contributed by atoms with Gasteiger partial charge in [-0.2, -0.15) is 0 Å². The molecule has 1 unspecified atom stereocenters. The van der Waals surface area contributed by atoms with E-state index in [1.54, 1.807) is 0 Å². The summed E-state index contributed by atoms with van der Waals surface area (Å²) in [6.07, 6.45) is 7.77. The summed E-state index contributed by atoms with van der Waals surface area (Å²) in [5.41, 5.74) is 5.75. The van der Waals surface area contributed by atoms with Gasteiger partial charge in [-0.05, 0) is 24.3 Å². The normalized spacial score (nSPS) is 18.2. The van der Waals surface area contributed by atoms with Gasteiger partial charge >= 0.3 is 0 Å². The SMILES string of the molecule is CC(CC1CCCCC1)C(=O)N(C)CC(C)(C)CN.Cl. The van der Waals surface area contributed by atoms with Crippen molar-refractivity contribution < 1.29 is 4.79 Å². The van der Waals surface area contributed by atoms with Crippen molar-refractivity contribution in [1.82, 2.24) is 4.90 Å². The van der Waals surface area contributed by atoms with Crippen LogP contribution in [0.2, 0.25) is 0 Å². The predicted molar refractivity (Wildman–Crippen MR) is 88.1 cm³/mol. The molecule has 0 aliphatic heterocycles. The second-order valence-electron chi connectivity index (χ2n) is 7.20. The Labute approximate surface area is 131 Å². The number of nitrogens with zero attached hydrogens (tertiary/aromatic N) is 1. The first-order chi connectivity index (χ1) is 8.85. The van der Waals surface area contributed by atoms with E-state index in [-0.39, 0.29) is 29.6 Å². The molecule has 3 nitrogen and oxygen atoms in total. The summed E-state index contributed by atoms with van der Waals surface area (Å²) < 4.78 is 0. The van der Waals surface area contributed by atoms with E-state index in [0.717, 1.165) is 18.9 Å². The van der Waals surface area contributed by atoms with Crippen molar-refractivity contribution in [2.45, 2.75) is 59.3 Å². The highest BCUT2D eigenvalue weighted by Gasteiger charge is 2.26. The van der Waals surface area contributed by atoms with E-state index in [2.05, 4.69) is 20.8 Å². The van der Waals surface area contributed by atoms with E-state index >= 15 is 0 Å². The predicted octanol–water partition coefficient (Wildman–Crippen LogP) is 3.46. The van der Waals surface area contributed by atoms with Gasteiger partial charge in [0.05, 0.1) is 0 Å². The lowest BCUT2D eigenvalue weighted by Crippen LogP contribution is -2.42. The molecule has 20 heavy (non-hydrogen) atoms. The summed E-state index contributed by atoms with van der Waals surface area (Å²) in [7, 11) is 1.91. The van der Waals surface area contributed by atoms with Gasteiger partial charge in [-0.25, -0.2) is 0 Å². The van der Waals surface area contributed by atoms with Crippen LogP contribution in [0.1, 0.15) is 59.3 Å². The number of carbonyl (C=O) groups excluding carboxylic acids is 1. The van der Waals surface area contributed by atoms with Gasteiger partial charge in [-0.15, -0.1) is 12.4 Å². The average molecular weight is 305 g/mol. The van der Waals surface area contributed by atoms with Crippen molar-refractivity contribution in [2.75, 3.05) is 20.1 Å². The molecule has 1 aliphatic carbocycles. The van der Waals surface area contributed by atoms with Crippen LogP contribution in [0.3, 0.4) is 0 Å². The second-order valence-corrected chi connectivity index (χ2v) is 7.20. The Hall–Kier alpha value is -0.280. The Bertz CT molecular complexity index is 288. The molecule has 0 aromatic heterocycles. The van der Waals surface area contributed by atoms with Crippen LogP contribution >= 0.6 is 12.4 Å². The maximum atomic E-state index is 12.4. The molecule has 0 aromatic rings. The first-order valence-electron chi connectivity index (χ1n) is 7.81. The lowest BCUT2D eigenvalue weighted by Gasteiger charge is -2.32. The van der Waals surface area contributed by atoms with E-state index < -0.39 is 0 Å². The number of halogens is 1. The topological polar surface area (TPSA) is 46.3 Å². The molecule has 0 bridgehead atoms. The Morgan fingerprint density at radius 3 is 2.35 bits per heavy atom. The summed E-state index contributed by atoms with van der Waals surface area (Å²) in [6.45, 7) is 7.67. The first kappa shape index (κ1) is 19.7. The fraction of sp³-hybridized carbons (Fsp3) is 0.938. The van der Waals surface area contributed by atoms with Crippen LogP contribution < -0.4 is 5.73 Å². The van der Waals surface area contributed by atoms with Crippen molar-refractivity contribution in [1.29, 1.82) is 0 Å². The Morgan fingerprint density at radius 1 is 1.30 bits per heavy atom. The highest BCUT2D eigenvalue weighted by Crippen LogP contribution is 2.29. The van der Waals surface area contributed by atoms with Crippen LogP contribution in [-0.4, -0.2) is 30.9 Å². The average Bonchev–Trinajstić information content (AvgIpc) is 2.38. The standard InChI is InChI=1S/C16H32N2O.ClH/c1-13(10-14-8-6-5-7-9-14)15(19)18(4)12-16(2,3)11-17;/h13-14H,5-12,17H2,1-4H3;1H. The third-order valence-electron chi connectivity index (χ3n) is 4.43. The maximum absolute atomic E-state index is 12.4. The van der Waals surface area contributed by atoms with Gasteiger partial charge in [0.1, 0.15) is 0 Å². The van der Waals surface area contributed by atoms with Crippen LogP contribution in [0, 0.1) is 17.3 Å². The first-order valence-corrected chi connectivity index (χ1v) is 7.81. The van der Waals surface area contributed by atoms with Gasteiger partial charge in [-0.1, -0.05) is 52.9 Å². The van der Waals surface area contributed by atoms with E-state index in [9.17, 15) is 4.79 Å². The summed E-state index contributed by atoms with van der Waals surface area (Å²) >= 11 is 0. The fourth-order valence-corrected chi connectivity index (χ4v) is 3.18. The largest absolute Gasteiger partial charge is 0.345 e. The minimum atomic E-state index is 0. The highest BCUT2D eigenvalue weighted by molar-refractivity contribution is 5.85. The zero-order valence-corrected chi connectivity index (χ0v) is 14.5. The fourth-order valence-electron chi connectivity index (χ4n) is 3.18. The Morgan fingerprint density at radius 2 is 1.85 bits per heavy atom. The molecule has 0 heterocycles. The molecular formula is C16H33ClN2O. The van der Waals surface area contributed by atoms with Gasteiger partial charge in [0.15, 0.2) is 0 Å². The van der Waals surface area contributed by atoms with Gasteiger partial charge in [0, 0.05) is 19.5 Å². The summed E-state index contributed by atoms with van der Waals surface area (Å²) in [5, 5.41) is 0. The highest BCUT2D eigenvalue weighted by atomic mass is 35.5. The zero-order chi connectivity index (χ0) is 14.5. The summed E-state index contributed by atoms with van der Waals surface area (Å²) in [6, 6.07) is 0. The van der Waals surface area contributed by atoms with Crippen molar-refractivity contribution in [3.63, 3.8) is 0 Å². The van der Waals surface area contributed by atoms with Crippen molar-refractivity contribution in [3.8, 4) is 0 Å². The van der Waals surface area contributed by atoms with Crippen molar-refractivity contribution in [3.05, 3.63) is 0 Å². The van der Waals surface area contributed by atoms with E-state index in [0.29, 0.717) is 6.54 Å². The third-order valence-corrected chi connectivity index (χ3v) is 4.43. The minimum Gasteiger partial charge on any atom is -0.345 e. The van der Waals surface area contributed by atoms with Crippen molar-refractivity contribution >= 4 is 18.3 Å². The Balaban J connectivity index is 0.00000361. The summed E-state index contributed by atoms with van der Waals surface area (Å²) in [5.74, 6) is 1.21. The lowest BCUT2D eigenvalue weighted by atomic mass is 9.83. The summed E-state index contributed by atoms with van der Waals surface area (Å²) in [4.78, 5) is 14.3. The lowest BCUT2D eigenvalue weighted by molar-refractivity contribution is -0.135. The molecule has 0 aromatic carbocycles. The maximum Gasteiger partial charge on any atom is 0.225 e. The van der Waals surface area contributed by atoms with Gasteiger partial charge in [-0.3, -0.25) is 4.79 Å². The minimum absolute atomic E-state index is 0. The molecule has 2 N–H and O–H groups in total. The molecule has 4 heteroatoms. The number of amides is 1. The van der Waals surface area contributed by atoms with Gasteiger partial charge in [0.2, 0.25) is 5.91 Å². The number of rotatable bonds is 6. The third kappa shape index (κ3) is 6.45. The second kappa shape index (κ2) is 8.89. The monoisotopic (exact) mass is 304 g/mol. The molecular weight excluding hydrogens is 272 g/mol. The van der Waals surface area contributed by atoms with Crippen LogP contribution in [0.15, 0.2) is 0 Å². The molecule has 0 spiro atoms. The van der Waals surface area contributed by atoms with Gasteiger partial charge in [0.25, 0.3) is 0 Å². The van der Waals surface area contributed by atoms with Crippen molar-refractivity contribution in [2.24, 2.45) is 23.0 Å². The quantitative estimate of drug-likeness (QED) is 0.817. The molecule has 1 rings (SSSR count). The molecule has 0 saturated heterocycles. The number of nitrogens with two attached hydrogens (primary N) is 1. The van der Waals surface area contributed by atoms with E-state index in [4.69, 9.17) is 5.73 Å². The van der Waals surface area contributed by atoms with Crippen LogP contribution in [-0.2, 0) is 4.79 Å². The molecule has 1 saturated carbocycles. The van der Waals surface area contributed by atoms with E-state index in [1.807, 2.05) is 11.9 Å². The smallest absolute Gasteiger partial charge is 0.225 e. The van der Waals surface area contributed by atoms with Crippen LogP contribution in [0.25, 0.3) is 0 Å². The molecule has 120 valence electrons. The Kier molecular flexibility index (Phi) is 8.76.